The number of aromatic nitrogens is 1. The second-order valence-corrected chi connectivity index (χ2v) is 5.90. The van der Waals surface area contributed by atoms with Crippen LogP contribution in [0.1, 0.15) is 13.8 Å². The number of hydrogen-bond acceptors (Lipinski definition) is 3. The van der Waals surface area contributed by atoms with Crippen LogP contribution in [0.15, 0.2) is 46.9 Å². The van der Waals surface area contributed by atoms with Gasteiger partial charge in [0.15, 0.2) is 0 Å². The maximum Gasteiger partial charge on any atom is 0.124 e. The fraction of sp³-hybridized carbons (Fsp3) is 0.188. The molecule has 2 aromatic carbocycles. The lowest BCUT2D eigenvalue weighted by molar-refractivity contribution is 1.46. The summed E-state index contributed by atoms with van der Waals surface area (Å²) in [5, 5.41) is 4.18. The number of thiazole rings is 1. The fourth-order valence-electron chi connectivity index (χ4n) is 1.80. The summed E-state index contributed by atoms with van der Waals surface area (Å²) in [7, 11) is 1.92. The van der Waals surface area contributed by atoms with Crippen LogP contribution in [-0.4, -0.2) is 12.0 Å². The highest BCUT2D eigenvalue weighted by Gasteiger charge is 2.06. The summed E-state index contributed by atoms with van der Waals surface area (Å²) < 4.78 is 2.30. The zero-order chi connectivity index (χ0) is 14.5. The fourth-order valence-corrected chi connectivity index (χ4v) is 3.32. The van der Waals surface area contributed by atoms with Crippen molar-refractivity contribution >= 4 is 43.2 Å². The summed E-state index contributed by atoms with van der Waals surface area (Å²) in [5.41, 5.74) is 3.32. The molecule has 104 valence electrons. The Morgan fingerprint density at radius 3 is 2.40 bits per heavy atom. The molecule has 0 saturated carbocycles. The van der Waals surface area contributed by atoms with Crippen molar-refractivity contribution in [1.29, 1.82) is 0 Å². The summed E-state index contributed by atoms with van der Waals surface area (Å²) in [6.45, 7) is 4.00. The number of rotatable bonds is 2. The molecule has 2 nitrogen and oxygen atoms in total. The van der Waals surface area contributed by atoms with E-state index in [9.17, 15) is 0 Å². The monoisotopic (exact) mass is 348 g/mol. The van der Waals surface area contributed by atoms with Gasteiger partial charge in [-0.05, 0) is 42.5 Å². The third kappa shape index (κ3) is 3.19. The van der Waals surface area contributed by atoms with Crippen LogP contribution < -0.4 is 5.32 Å². The van der Waals surface area contributed by atoms with E-state index < -0.39 is 0 Å². The van der Waals surface area contributed by atoms with Gasteiger partial charge in [0.25, 0.3) is 0 Å². The van der Waals surface area contributed by atoms with E-state index in [4.69, 9.17) is 0 Å². The Labute approximate surface area is 132 Å². The van der Waals surface area contributed by atoms with Crippen molar-refractivity contribution in [2.45, 2.75) is 13.8 Å². The maximum atomic E-state index is 4.66. The van der Waals surface area contributed by atoms with Gasteiger partial charge in [-0.15, -0.1) is 11.3 Å². The summed E-state index contributed by atoms with van der Waals surface area (Å²) in [6.07, 6.45) is 0. The third-order valence-corrected chi connectivity index (χ3v) is 4.33. The zero-order valence-corrected chi connectivity index (χ0v) is 14.2. The molecule has 0 aliphatic rings. The highest BCUT2D eigenvalue weighted by molar-refractivity contribution is 9.10. The lowest BCUT2D eigenvalue weighted by Crippen LogP contribution is -1.86. The summed E-state index contributed by atoms with van der Waals surface area (Å²) in [6, 6.07) is 14.5. The number of fused-ring (bicyclic) bond motifs is 1. The molecule has 0 amide bonds. The van der Waals surface area contributed by atoms with E-state index >= 15 is 0 Å². The Kier molecular flexibility index (Phi) is 5.15. The number of benzene rings is 2. The molecule has 3 rings (SSSR count). The van der Waals surface area contributed by atoms with E-state index in [-0.39, 0.29) is 0 Å². The Morgan fingerprint density at radius 1 is 1.05 bits per heavy atom. The SMILES string of the molecule is CC.CNc1ccc(-c2nc3ccc(Br)cc3s2)cc1. The zero-order valence-electron chi connectivity index (χ0n) is 11.8. The third-order valence-electron chi connectivity index (χ3n) is 2.77. The second kappa shape index (κ2) is 6.86. The van der Waals surface area contributed by atoms with Gasteiger partial charge in [0, 0.05) is 22.8 Å². The van der Waals surface area contributed by atoms with E-state index in [0.29, 0.717) is 0 Å². The van der Waals surface area contributed by atoms with Crippen molar-refractivity contribution in [3.8, 4) is 10.6 Å². The molecular weight excluding hydrogens is 332 g/mol. The van der Waals surface area contributed by atoms with Gasteiger partial charge in [0.1, 0.15) is 5.01 Å². The second-order valence-electron chi connectivity index (χ2n) is 3.96. The minimum absolute atomic E-state index is 1.05. The number of hydrogen-bond donors (Lipinski definition) is 1. The van der Waals surface area contributed by atoms with Crippen molar-refractivity contribution in [3.05, 3.63) is 46.9 Å². The lowest BCUT2D eigenvalue weighted by Gasteiger charge is -2.00. The number of nitrogens with zero attached hydrogens (tertiary/aromatic N) is 1. The lowest BCUT2D eigenvalue weighted by atomic mass is 10.2. The molecule has 1 heterocycles. The quantitative estimate of drug-likeness (QED) is 0.633. The molecule has 1 aromatic heterocycles. The van der Waals surface area contributed by atoms with Crippen molar-refractivity contribution in [2.75, 3.05) is 12.4 Å². The Balaban J connectivity index is 0.000000704. The molecule has 0 aliphatic carbocycles. The molecule has 4 heteroatoms. The van der Waals surface area contributed by atoms with Gasteiger partial charge < -0.3 is 5.32 Å². The molecule has 0 spiro atoms. The average Bonchev–Trinajstić information content (AvgIpc) is 2.92. The summed E-state index contributed by atoms with van der Waals surface area (Å²) >= 11 is 5.20. The van der Waals surface area contributed by atoms with Crippen LogP contribution in [0, 0.1) is 0 Å². The predicted molar refractivity (Wildman–Crippen MR) is 93.7 cm³/mol. The first kappa shape index (κ1) is 15.0. The van der Waals surface area contributed by atoms with E-state index in [1.165, 1.54) is 4.70 Å². The first-order chi connectivity index (χ1) is 9.76. The molecule has 0 saturated heterocycles. The summed E-state index contributed by atoms with van der Waals surface area (Å²) in [5.74, 6) is 0. The Hall–Kier alpha value is -1.39. The number of halogens is 1. The molecule has 0 aliphatic heterocycles. The first-order valence-electron chi connectivity index (χ1n) is 6.60. The van der Waals surface area contributed by atoms with Crippen molar-refractivity contribution < 1.29 is 0 Å². The molecule has 0 radical (unpaired) electrons. The van der Waals surface area contributed by atoms with Gasteiger partial charge in [-0.2, -0.15) is 0 Å². The van der Waals surface area contributed by atoms with Crippen LogP contribution in [0.5, 0.6) is 0 Å². The molecule has 0 unspecified atom stereocenters. The molecule has 20 heavy (non-hydrogen) atoms. The molecule has 0 bridgehead atoms. The topological polar surface area (TPSA) is 24.9 Å². The number of nitrogens with one attached hydrogen (secondary N) is 1. The summed E-state index contributed by atoms with van der Waals surface area (Å²) in [4.78, 5) is 4.66. The van der Waals surface area contributed by atoms with Gasteiger partial charge >= 0.3 is 0 Å². The minimum Gasteiger partial charge on any atom is -0.388 e. The highest BCUT2D eigenvalue weighted by atomic mass is 79.9. The van der Waals surface area contributed by atoms with Gasteiger partial charge in [-0.1, -0.05) is 29.8 Å². The first-order valence-corrected chi connectivity index (χ1v) is 8.21. The van der Waals surface area contributed by atoms with Crippen molar-refractivity contribution in [3.63, 3.8) is 0 Å². The van der Waals surface area contributed by atoms with Gasteiger partial charge in [0.05, 0.1) is 10.2 Å². The highest BCUT2D eigenvalue weighted by Crippen LogP contribution is 2.32. The van der Waals surface area contributed by atoms with Crippen LogP contribution in [0.3, 0.4) is 0 Å². The Bertz CT molecular complexity index is 689. The largest absolute Gasteiger partial charge is 0.388 e. The van der Waals surface area contributed by atoms with Crippen molar-refractivity contribution in [2.24, 2.45) is 0 Å². The molecule has 0 fully saturated rings. The van der Waals surface area contributed by atoms with E-state index in [2.05, 4.69) is 56.6 Å². The van der Waals surface area contributed by atoms with E-state index in [1.807, 2.05) is 33.0 Å². The van der Waals surface area contributed by atoms with Crippen molar-refractivity contribution in [1.82, 2.24) is 4.98 Å². The Morgan fingerprint density at radius 2 is 1.75 bits per heavy atom. The predicted octanol–water partition coefficient (Wildman–Crippen LogP) is 5.79. The van der Waals surface area contributed by atoms with Gasteiger partial charge in [-0.3, -0.25) is 0 Å². The molecule has 3 aromatic rings. The van der Waals surface area contributed by atoms with E-state index in [1.54, 1.807) is 11.3 Å². The average molecular weight is 349 g/mol. The standard InChI is InChI=1S/C14H11BrN2S.C2H6/c1-16-11-5-2-9(3-6-11)14-17-12-7-4-10(15)8-13(12)18-14;1-2/h2-8,16H,1H3;1-2H3. The van der Waals surface area contributed by atoms with Gasteiger partial charge in [0.2, 0.25) is 0 Å². The normalized spacial score (nSPS) is 10.0. The smallest absolute Gasteiger partial charge is 0.124 e. The molecule has 1 N–H and O–H groups in total. The van der Waals surface area contributed by atoms with Crippen LogP contribution in [-0.2, 0) is 0 Å². The maximum absolute atomic E-state index is 4.66. The van der Waals surface area contributed by atoms with Crippen LogP contribution in [0.2, 0.25) is 0 Å². The van der Waals surface area contributed by atoms with Crippen LogP contribution in [0.4, 0.5) is 5.69 Å². The van der Waals surface area contributed by atoms with Crippen LogP contribution in [0.25, 0.3) is 20.8 Å². The van der Waals surface area contributed by atoms with E-state index in [0.717, 1.165) is 26.2 Å². The van der Waals surface area contributed by atoms with Crippen LogP contribution >= 0.6 is 27.3 Å². The molecular formula is C16H17BrN2S. The number of anilines is 1. The van der Waals surface area contributed by atoms with Gasteiger partial charge in [-0.25, -0.2) is 4.98 Å². The minimum atomic E-state index is 1.05. The molecule has 0 atom stereocenters.